The number of ketones is 1. The molecule has 70 valence electrons. The molecule has 1 heteroatoms. The van der Waals surface area contributed by atoms with Gasteiger partial charge in [0.25, 0.3) is 0 Å². The average Bonchev–Trinajstić information content (AvgIpc) is 2.64. The third kappa shape index (κ3) is 1.70. The van der Waals surface area contributed by atoms with E-state index in [0.717, 1.165) is 12.8 Å². The zero-order valence-corrected chi connectivity index (χ0v) is 8.52. The van der Waals surface area contributed by atoms with Crippen molar-refractivity contribution in [3.8, 4) is 0 Å². The lowest BCUT2D eigenvalue weighted by atomic mass is 9.92. The molecule has 2 atom stereocenters. The van der Waals surface area contributed by atoms with Crippen LogP contribution in [0.15, 0.2) is 0 Å². The van der Waals surface area contributed by atoms with E-state index in [2.05, 4.69) is 13.8 Å². The molecule has 12 heavy (non-hydrogen) atoms. The summed E-state index contributed by atoms with van der Waals surface area (Å²) in [6.07, 6.45) is 6.05. The standard InChI is InChI=1S/C11H20O/c1-4-5-6-7-11(10(3)12)8-9(11)2/h9H,4-8H2,1-3H3. The van der Waals surface area contributed by atoms with Crippen LogP contribution in [0, 0.1) is 11.3 Å². The highest BCUT2D eigenvalue weighted by Crippen LogP contribution is 2.56. The monoisotopic (exact) mass is 168 g/mol. The second kappa shape index (κ2) is 3.59. The Morgan fingerprint density at radius 2 is 2.08 bits per heavy atom. The lowest BCUT2D eigenvalue weighted by Crippen LogP contribution is -2.13. The van der Waals surface area contributed by atoms with E-state index >= 15 is 0 Å². The van der Waals surface area contributed by atoms with Crippen LogP contribution in [0.5, 0.6) is 0 Å². The van der Waals surface area contributed by atoms with Gasteiger partial charge in [-0.15, -0.1) is 0 Å². The second-order valence-corrected chi connectivity index (χ2v) is 4.27. The van der Waals surface area contributed by atoms with E-state index in [-0.39, 0.29) is 5.41 Å². The maximum atomic E-state index is 11.3. The maximum absolute atomic E-state index is 11.3. The fraction of sp³-hybridized carbons (Fsp3) is 0.909. The summed E-state index contributed by atoms with van der Waals surface area (Å²) in [5.41, 5.74) is 0.120. The molecule has 1 aliphatic carbocycles. The van der Waals surface area contributed by atoms with Crippen molar-refractivity contribution in [2.75, 3.05) is 0 Å². The van der Waals surface area contributed by atoms with E-state index < -0.39 is 0 Å². The van der Waals surface area contributed by atoms with Crippen molar-refractivity contribution in [3.05, 3.63) is 0 Å². The van der Waals surface area contributed by atoms with Gasteiger partial charge in [0.15, 0.2) is 0 Å². The number of Topliss-reactive ketones (excluding diaryl/α,β-unsaturated/α-hetero) is 1. The molecule has 0 spiro atoms. The summed E-state index contributed by atoms with van der Waals surface area (Å²) >= 11 is 0. The first-order valence-electron chi connectivity index (χ1n) is 5.14. The minimum atomic E-state index is 0.120. The Hall–Kier alpha value is -0.330. The van der Waals surface area contributed by atoms with Crippen molar-refractivity contribution in [2.45, 2.75) is 52.9 Å². The molecule has 0 saturated heterocycles. The van der Waals surface area contributed by atoms with E-state index in [4.69, 9.17) is 0 Å². The van der Waals surface area contributed by atoms with Gasteiger partial charge in [0, 0.05) is 5.41 Å². The lowest BCUT2D eigenvalue weighted by molar-refractivity contribution is -0.122. The molecule has 0 aromatic rings. The largest absolute Gasteiger partial charge is 0.299 e. The van der Waals surface area contributed by atoms with Crippen LogP contribution in [0.25, 0.3) is 0 Å². The van der Waals surface area contributed by atoms with E-state index in [1.807, 2.05) is 0 Å². The number of hydrogen-bond donors (Lipinski definition) is 0. The highest BCUT2D eigenvalue weighted by molar-refractivity contribution is 5.85. The molecule has 0 bridgehead atoms. The molecule has 1 rings (SSSR count). The van der Waals surface area contributed by atoms with Crippen LogP contribution in [0.4, 0.5) is 0 Å². The smallest absolute Gasteiger partial charge is 0.136 e. The van der Waals surface area contributed by atoms with Crippen LogP contribution in [0.3, 0.4) is 0 Å². The summed E-state index contributed by atoms with van der Waals surface area (Å²) in [7, 11) is 0. The first-order valence-corrected chi connectivity index (χ1v) is 5.14. The Labute approximate surface area is 75.5 Å². The minimum Gasteiger partial charge on any atom is -0.299 e. The van der Waals surface area contributed by atoms with Crippen molar-refractivity contribution < 1.29 is 4.79 Å². The van der Waals surface area contributed by atoms with Gasteiger partial charge < -0.3 is 0 Å². The lowest BCUT2D eigenvalue weighted by Gasteiger charge is -2.11. The summed E-state index contributed by atoms with van der Waals surface area (Å²) in [4.78, 5) is 11.3. The third-order valence-corrected chi connectivity index (χ3v) is 3.38. The number of rotatable bonds is 5. The van der Waals surface area contributed by atoms with Gasteiger partial charge in [-0.1, -0.05) is 33.1 Å². The molecule has 0 amide bonds. The van der Waals surface area contributed by atoms with E-state index in [0.29, 0.717) is 11.7 Å². The number of carbonyl (C=O) groups is 1. The van der Waals surface area contributed by atoms with E-state index in [9.17, 15) is 4.79 Å². The van der Waals surface area contributed by atoms with Gasteiger partial charge >= 0.3 is 0 Å². The first kappa shape index (κ1) is 9.76. The zero-order chi connectivity index (χ0) is 9.19. The minimum absolute atomic E-state index is 0.120. The maximum Gasteiger partial charge on any atom is 0.136 e. The summed E-state index contributed by atoms with van der Waals surface area (Å²) in [6, 6.07) is 0. The Morgan fingerprint density at radius 1 is 1.50 bits per heavy atom. The van der Waals surface area contributed by atoms with Gasteiger partial charge in [0.1, 0.15) is 5.78 Å². The van der Waals surface area contributed by atoms with Crippen LogP contribution in [0.1, 0.15) is 52.9 Å². The summed E-state index contributed by atoms with van der Waals surface area (Å²) < 4.78 is 0. The molecule has 0 aromatic heterocycles. The molecular formula is C11H20O. The van der Waals surface area contributed by atoms with Crippen LogP contribution < -0.4 is 0 Å². The number of hydrogen-bond acceptors (Lipinski definition) is 1. The van der Waals surface area contributed by atoms with Crippen LogP contribution in [0.2, 0.25) is 0 Å². The Morgan fingerprint density at radius 3 is 2.42 bits per heavy atom. The molecule has 1 fully saturated rings. The third-order valence-electron chi connectivity index (χ3n) is 3.38. The predicted molar refractivity (Wildman–Crippen MR) is 51.0 cm³/mol. The van der Waals surface area contributed by atoms with Gasteiger partial charge in [-0.05, 0) is 25.7 Å². The Kier molecular flexibility index (Phi) is 2.92. The van der Waals surface area contributed by atoms with E-state index in [1.54, 1.807) is 6.92 Å². The number of unbranched alkanes of at least 4 members (excludes halogenated alkanes) is 2. The molecule has 2 unspecified atom stereocenters. The van der Waals surface area contributed by atoms with Crippen molar-refractivity contribution in [3.63, 3.8) is 0 Å². The average molecular weight is 168 g/mol. The van der Waals surface area contributed by atoms with Gasteiger partial charge in [-0.2, -0.15) is 0 Å². The van der Waals surface area contributed by atoms with Gasteiger partial charge in [0.05, 0.1) is 0 Å². The Balaban J connectivity index is 2.33. The summed E-state index contributed by atoms with van der Waals surface area (Å²) in [6.45, 7) is 6.17. The van der Waals surface area contributed by atoms with Gasteiger partial charge in [-0.3, -0.25) is 4.79 Å². The van der Waals surface area contributed by atoms with Crippen LogP contribution in [-0.2, 0) is 4.79 Å². The topological polar surface area (TPSA) is 17.1 Å². The zero-order valence-electron chi connectivity index (χ0n) is 8.52. The molecule has 0 heterocycles. The molecule has 0 radical (unpaired) electrons. The van der Waals surface area contributed by atoms with Crippen LogP contribution in [-0.4, -0.2) is 5.78 Å². The molecule has 1 saturated carbocycles. The summed E-state index contributed by atoms with van der Waals surface area (Å²) in [5.74, 6) is 1.08. The van der Waals surface area contributed by atoms with Crippen molar-refractivity contribution >= 4 is 5.78 Å². The molecular weight excluding hydrogens is 148 g/mol. The second-order valence-electron chi connectivity index (χ2n) is 4.27. The summed E-state index contributed by atoms with van der Waals surface area (Å²) in [5, 5.41) is 0. The highest BCUT2D eigenvalue weighted by atomic mass is 16.1. The predicted octanol–water partition coefficient (Wildman–Crippen LogP) is 3.18. The van der Waals surface area contributed by atoms with E-state index in [1.165, 1.54) is 19.3 Å². The SMILES string of the molecule is CCCCCC1(C(C)=O)CC1C. The fourth-order valence-corrected chi connectivity index (χ4v) is 2.19. The highest BCUT2D eigenvalue weighted by Gasteiger charge is 2.53. The Bertz CT molecular complexity index is 174. The normalized spacial score (nSPS) is 33.4. The molecule has 1 nitrogen and oxygen atoms in total. The quantitative estimate of drug-likeness (QED) is 0.576. The first-order chi connectivity index (χ1) is 5.63. The van der Waals surface area contributed by atoms with Crippen molar-refractivity contribution in [1.82, 2.24) is 0 Å². The fourth-order valence-electron chi connectivity index (χ4n) is 2.19. The van der Waals surface area contributed by atoms with Crippen LogP contribution >= 0.6 is 0 Å². The van der Waals surface area contributed by atoms with Gasteiger partial charge in [-0.25, -0.2) is 0 Å². The molecule has 0 aliphatic heterocycles. The molecule has 0 aromatic carbocycles. The van der Waals surface area contributed by atoms with Crippen molar-refractivity contribution in [2.24, 2.45) is 11.3 Å². The number of carbonyl (C=O) groups excluding carboxylic acids is 1. The van der Waals surface area contributed by atoms with Crippen molar-refractivity contribution in [1.29, 1.82) is 0 Å². The molecule has 1 aliphatic rings. The van der Waals surface area contributed by atoms with Gasteiger partial charge in [0.2, 0.25) is 0 Å². The molecule has 0 N–H and O–H groups in total.